The molecule has 0 fully saturated rings. The molecule has 0 aliphatic rings. The van der Waals surface area contributed by atoms with E-state index in [9.17, 15) is 4.79 Å². The van der Waals surface area contributed by atoms with Gasteiger partial charge in [-0.2, -0.15) is 9.97 Å². The SMILES string of the molecule is CC(C)(C)c1nnsc1-c1nc(N)nc(=O)[nH]1. The molecule has 0 atom stereocenters. The summed E-state index contributed by atoms with van der Waals surface area (Å²) in [6, 6.07) is 0. The van der Waals surface area contributed by atoms with E-state index in [1.807, 2.05) is 20.8 Å². The Hall–Kier alpha value is -1.83. The lowest BCUT2D eigenvalue weighted by atomic mass is 9.91. The standard InChI is InChI=1S/C9H12N6OS/c1-9(2,3)5-4(17-15-14-5)6-11-7(10)13-8(16)12-6/h1-3H3,(H3,10,11,12,13,16). The summed E-state index contributed by atoms with van der Waals surface area (Å²) in [6.45, 7) is 6.03. The summed E-state index contributed by atoms with van der Waals surface area (Å²) in [5.74, 6) is 0.305. The lowest BCUT2D eigenvalue weighted by Crippen LogP contribution is -2.18. The fraction of sp³-hybridized carbons (Fsp3) is 0.444. The van der Waals surface area contributed by atoms with E-state index in [0.717, 1.165) is 5.69 Å². The van der Waals surface area contributed by atoms with Gasteiger partial charge in [0.15, 0.2) is 5.82 Å². The first-order valence-corrected chi connectivity index (χ1v) is 5.72. The molecule has 0 saturated heterocycles. The maximum atomic E-state index is 11.2. The number of nitrogens with one attached hydrogen (secondary N) is 1. The number of nitrogens with zero attached hydrogens (tertiary/aromatic N) is 4. The smallest absolute Gasteiger partial charge is 0.349 e. The summed E-state index contributed by atoms with van der Waals surface area (Å²) in [5.41, 5.74) is 5.51. The van der Waals surface area contributed by atoms with Crippen LogP contribution < -0.4 is 11.4 Å². The minimum atomic E-state index is -0.527. The summed E-state index contributed by atoms with van der Waals surface area (Å²) in [5, 5.41) is 4.07. The fourth-order valence-corrected chi connectivity index (χ4v) is 2.17. The zero-order valence-electron chi connectivity index (χ0n) is 9.68. The first-order chi connectivity index (χ1) is 7.88. The second kappa shape index (κ2) is 3.88. The van der Waals surface area contributed by atoms with Crippen LogP contribution in [0.5, 0.6) is 0 Å². The van der Waals surface area contributed by atoms with Crippen LogP contribution in [0.25, 0.3) is 10.7 Å². The molecule has 0 unspecified atom stereocenters. The number of aromatic amines is 1. The minimum absolute atomic E-state index is 0.0583. The average molecular weight is 252 g/mol. The minimum Gasteiger partial charge on any atom is -0.368 e. The van der Waals surface area contributed by atoms with Gasteiger partial charge in [0.2, 0.25) is 5.95 Å². The molecule has 90 valence electrons. The van der Waals surface area contributed by atoms with Crippen molar-refractivity contribution in [2.24, 2.45) is 0 Å². The predicted molar refractivity (Wildman–Crippen MR) is 64.7 cm³/mol. The molecule has 0 radical (unpaired) electrons. The number of rotatable bonds is 1. The van der Waals surface area contributed by atoms with Gasteiger partial charge in [0.25, 0.3) is 0 Å². The van der Waals surface area contributed by atoms with Crippen LogP contribution in [0.4, 0.5) is 5.95 Å². The van der Waals surface area contributed by atoms with Crippen LogP contribution >= 0.6 is 11.5 Å². The molecule has 0 amide bonds. The molecular weight excluding hydrogens is 240 g/mol. The number of H-pyrrole nitrogens is 1. The van der Waals surface area contributed by atoms with Gasteiger partial charge in [0.1, 0.15) is 4.88 Å². The van der Waals surface area contributed by atoms with Crippen molar-refractivity contribution in [1.29, 1.82) is 0 Å². The van der Waals surface area contributed by atoms with Gasteiger partial charge in [-0.25, -0.2) is 4.79 Å². The maximum absolute atomic E-state index is 11.2. The van der Waals surface area contributed by atoms with Crippen LogP contribution in [0.1, 0.15) is 26.5 Å². The summed E-state index contributed by atoms with van der Waals surface area (Å²) in [6.07, 6.45) is 0. The monoisotopic (exact) mass is 252 g/mol. The molecule has 0 aliphatic carbocycles. The number of hydrogen-bond donors (Lipinski definition) is 2. The van der Waals surface area contributed by atoms with Crippen LogP contribution in [0, 0.1) is 0 Å². The Kier molecular flexibility index (Phi) is 2.66. The second-order valence-electron chi connectivity index (χ2n) is 4.56. The zero-order chi connectivity index (χ0) is 12.6. The summed E-state index contributed by atoms with van der Waals surface area (Å²) < 4.78 is 3.89. The van der Waals surface area contributed by atoms with E-state index >= 15 is 0 Å². The molecule has 8 heteroatoms. The Labute approximate surface area is 101 Å². The topological polar surface area (TPSA) is 110 Å². The lowest BCUT2D eigenvalue weighted by Gasteiger charge is -2.15. The Balaban J connectivity index is 2.61. The highest BCUT2D eigenvalue weighted by atomic mass is 32.1. The molecule has 0 spiro atoms. The highest BCUT2D eigenvalue weighted by molar-refractivity contribution is 7.09. The van der Waals surface area contributed by atoms with Crippen molar-refractivity contribution in [3.8, 4) is 10.7 Å². The van der Waals surface area contributed by atoms with Crippen molar-refractivity contribution in [3.63, 3.8) is 0 Å². The Morgan fingerprint density at radius 2 is 2.00 bits per heavy atom. The van der Waals surface area contributed by atoms with E-state index < -0.39 is 5.69 Å². The van der Waals surface area contributed by atoms with E-state index in [1.165, 1.54) is 11.5 Å². The normalized spacial score (nSPS) is 11.7. The first-order valence-electron chi connectivity index (χ1n) is 4.95. The quantitative estimate of drug-likeness (QED) is 0.767. The van der Waals surface area contributed by atoms with Crippen LogP contribution in [0.2, 0.25) is 0 Å². The van der Waals surface area contributed by atoms with Crippen molar-refractivity contribution >= 4 is 17.5 Å². The predicted octanol–water partition coefficient (Wildman–Crippen LogP) is 0.563. The number of aromatic nitrogens is 5. The molecule has 2 rings (SSSR count). The van der Waals surface area contributed by atoms with E-state index in [4.69, 9.17) is 5.73 Å². The van der Waals surface area contributed by atoms with Gasteiger partial charge < -0.3 is 5.73 Å². The van der Waals surface area contributed by atoms with Gasteiger partial charge >= 0.3 is 5.69 Å². The van der Waals surface area contributed by atoms with Gasteiger partial charge in [-0.1, -0.05) is 25.3 Å². The number of nitrogens with two attached hydrogens (primary N) is 1. The van der Waals surface area contributed by atoms with E-state index in [0.29, 0.717) is 10.7 Å². The zero-order valence-corrected chi connectivity index (χ0v) is 10.5. The molecule has 7 nitrogen and oxygen atoms in total. The Bertz CT molecular complexity index is 596. The third kappa shape index (κ3) is 2.31. The van der Waals surface area contributed by atoms with Crippen molar-refractivity contribution in [2.75, 3.05) is 5.73 Å². The molecule has 3 N–H and O–H groups in total. The summed E-state index contributed by atoms with van der Waals surface area (Å²) in [4.78, 5) is 21.9. The third-order valence-electron chi connectivity index (χ3n) is 2.08. The third-order valence-corrected chi connectivity index (χ3v) is 2.81. The lowest BCUT2D eigenvalue weighted by molar-refractivity contribution is 0.568. The van der Waals surface area contributed by atoms with E-state index in [-0.39, 0.29) is 11.4 Å². The second-order valence-corrected chi connectivity index (χ2v) is 5.32. The highest BCUT2D eigenvalue weighted by Crippen LogP contribution is 2.31. The van der Waals surface area contributed by atoms with Gasteiger partial charge in [-0.05, 0) is 11.5 Å². The Morgan fingerprint density at radius 1 is 1.29 bits per heavy atom. The van der Waals surface area contributed by atoms with Crippen LogP contribution in [-0.4, -0.2) is 24.5 Å². The van der Waals surface area contributed by atoms with Crippen molar-refractivity contribution in [3.05, 3.63) is 16.2 Å². The van der Waals surface area contributed by atoms with Crippen molar-refractivity contribution in [1.82, 2.24) is 24.5 Å². The molecule has 2 aromatic rings. The molecule has 0 aliphatic heterocycles. The molecule has 0 aromatic carbocycles. The summed E-state index contributed by atoms with van der Waals surface area (Å²) >= 11 is 1.17. The largest absolute Gasteiger partial charge is 0.368 e. The number of nitrogen functional groups attached to an aromatic ring is 1. The fourth-order valence-electron chi connectivity index (χ4n) is 1.35. The van der Waals surface area contributed by atoms with Crippen LogP contribution in [0.3, 0.4) is 0 Å². The van der Waals surface area contributed by atoms with Crippen molar-refractivity contribution < 1.29 is 0 Å². The highest BCUT2D eigenvalue weighted by Gasteiger charge is 2.24. The molecule has 17 heavy (non-hydrogen) atoms. The van der Waals surface area contributed by atoms with Gasteiger partial charge in [0, 0.05) is 5.41 Å². The molecular formula is C9H12N6OS. The maximum Gasteiger partial charge on any atom is 0.349 e. The van der Waals surface area contributed by atoms with Gasteiger partial charge in [0.05, 0.1) is 5.69 Å². The molecule has 0 bridgehead atoms. The van der Waals surface area contributed by atoms with Crippen molar-refractivity contribution in [2.45, 2.75) is 26.2 Å². The summed E-state index contributed by atoms with van der Waals surface area (Å²) in [7, 11) is 0. The van der Waals surface area contributed by atoms with E-state index in [1.54, 1.807) is 0 Å². The first kappa shape index (κ1) is 11.6. The van der Waals surface area contributed by atoms with Gasteiger partial charge in [-0.15, -0.1) is 5.10 Å². The molecule has 2 heterocycles. The molecule has 2 aromatic heterocycles. The van der Waals surface area contributed by atoms with Gasteiger partial charge in [-0.3, -0.25) is 4.98 Å². The molecule has 0 saturated carbocycles. The average Bonchev–Trinajstić information content (AvgIpc) is 2.63. The van der Waals surface area contributed by atoms with Crippen LogP contribution in [0.15, 0.2) is 4.79 Å². The van der Waals surface area contributed by atoms with E-state index in [2.05, 4.69) is 24.5 Å². The van der Waals surface area contributed by atoms with Crippen LogP contribution in [-0.2, 0) is 5.41 Å². The Morgan fingerprint density at radius 3 is 2.59 bits per heavy atom. The number of hydrogen-bond acceptors (Lipinski definition) is 7. The number of anilines is 1.